The van der Waals surface area contributed by atoms with Gasteiger partial charge < -0.3 is 14.7 Å². The first-order valence-electron chi connectivity index (χ1n) is 5.74. The molecule has 0 aromatic rings. The monoisotopic (exact) mass is 215 g/mol. The van der Waals surface area contributed by atoms with Crippen LogP contribution in [0, 0.1) is 0 Å². The standard InChI is InChI=1S/C11H21NO3/c1-3-15-11-6-4-5-7-12(11)10(14)8-9(2)13/h9,11,13H,3-8H2,1-2H3/t9-,11?/m0/s1. The molecule has 15 heavy (non-hydrogen) atoms. The molecule has 0 saturated carbocycles. The highest BCUT2D eigenvalue weighted by Crippen LogP contribution is 2.19. The second-order valence-corrected chi connectivity index (χ2v) is 4.05. The van der Waals surface area contributed by atoms with Crippen molar-refractivity contribution in [1.29, 1.82) is 0 Å². The number of aliphatic hydroxyl groups is 1. The van der Waals surface area contributed by atoms with Crippen LogP contribution in [0.4, 0.5) is 0 Å². The Morgan fingerprint density at radius 2 is 2.33 bits per heavy atom. The van der Waals surface area contributed by atoms with Crippen molar-refractivity contribution in [2.24, 2.45) is 0 Å². The molecule has 0 aliphatic carbocycles. The highest BCUT2D eigenvalue weighted by atomic mass is 16.5. The number of ether oxygens (including phenoxy) is 1. The Morgan fingerprint density at radius 1 is 1.60 bits per heavy atom. The van der Waals surface area contributed by atoms with Gasteiger partial charge in [-0.1, -0.05) is 0 Å². The third-order valence-corrected chi connectivity index (χ3v) is 2.60. The van der Waals surface area contributed by atoms with Crippen LogP contribution in [0.2, 0.25) is 0 Å². The maximum absolute atomic E-state index is 11.8. The zero-order valence-electron chi connectivity index (χ0n) is 9.61. The van der Waals surface area contributed by atoms with E-state index in [9.17, 15) is 9.90 Å². The summed E-state index contributed by atoms with van der Waals surface area (Å²) in [5, 5.41) is 9.18. The highest BCUT2D eigenvalue weighted by molar-refractivity contribution is 5.76. The number of rotatable bonds is 4. The van der Waals surface area contributed by atoms with E-state index in [0.29, 0.717) is 6.61 Å². The quantitative estimate of drug-likeness (QED) is 0.765. The van der Waals surface area contributed by atoms with Crippen LogP contribution < -0.4 is 0 Å². The van der Waals surface area contributed by atoms with Gasteiger partial charge in [-0.2, -0.15) is 0 Å². The Kier molecular flexibility index (Phi) is 5.05. The number of likely N-dealkylation sites (tertiary alicyclic amines) is 1. The van der Waals surface area contributed by atoms with Crippen LogP contribution in [0.25, 0.3) is 0 Å². The summed E-state index contributed by atoms with van der Waals surface area (Å²) in [5.74, 6) is 0.00292. The number of nitrogens with zero attached hydrogens (tertiary/aromatic N) is 1. The second kappa shape index (κ2) is 6.08. The van der Waals surface area contributed by atoms with E-state index in [1.165, 1.54) is 0 Å². The van der Waals surface area contributed by atoms with Crippen LogP contribution in [-0.4, -0.2) is 41.4 Å². The van der Waals surface area contributed by atoms with Crippen LogP contribution in [0.1, 0.15) is 39.5 Å². The van der Waals surface area contributed by atoms with Gasteiger partial charge in [0.15, 0.2) is 0 Å². The predicted molar refractivity (Wildman–Crippen MR) is 57.3 cm³/mol. The summed E-state index contributed by atoms with van der Waals surface area (Å²) in [4.78, 5) is 13.5. The van der Waals surface area contributed by atoms with Crippen LogP contribution >= 0.6 is 0 Å². The van der Waals surface area contributed by atoms with Gasteiger partial charge in [-0.25, -0.2) is 0 Å². The largest absolute Gasteiger partial charge is 0.393 e. The van der Waals surface area contributed by atoms with Crippen LogP contribution in [0.3, 0.4) is 0 Å². The Morgan fingerprint density at radius 3 is 2.93 bits per heavy atom. The first-order chi connectivity index (χ1) is 7.15. The summed E-state index contributed by atoms with van der Waals surface area (Å²) in [7, 11) is 0. The number of aliphatic hydroxyl groups excluding tert-OH is 1. The van der Waals surface area contributed by atoms with Crippen LogP contribution in [0.15, 0.2) is 0 Å². The smallest absolute Gasteiger partial charge is 0.227 e. The molecule has 1 heterocycles. The van der Waals surface area contributed by atoms with Gasteiger partial charge in [0.2, 0.25) is 5.91 Å². The Labute approximate surface area is 91.2 Å². The van der Waals surface area contributed by atoms with Crippen molar-refractivity contribution in [2.75, 3.05) is 13.2 Å². The van der Waals surface area contributed by atoms with E-state index in [1.54, 1.807) is 11.8 Å². The molecule has 1 N–H and O–H groups in total. The molecule has 0 radical (unpaired) electrons. The molecule has 1 rings (SSSR count). The molecule has 0 aromatic heterocycles. The maximum atomic E-state index is 11.8. The molecule has 1 fully saturated rings. The topological polar surface area (TPSA) is 49.8 Å². The molecule has 0 bridgehead atoms. The molecule has 1 amide bonds. The van der Waals surface area contributed by atoms with Gasteiger partial charge in [0.05, 0.1) is 12.5 Å². The molecule has 0 spiro atoms. The van der Waals surface area contributed by atoms with Crippen molar-refractivity contribution < 1.29 is 14.6 Å². The number of carbonyl (C=O) groups excluding carboxylic acids is 1. The van der Waals surface area contributed by atoms with E-state index in [1.807, 2.05) is 6.92 Å². The first-order valence-corrected chi connectivity index (χ1v) is 5.74. The average molecular weight is 215 g/mol. The fourth-order valence-corrected chi connectivity index (χ4v) is 1.92. The number of hydrogen-bond acceptors (Lipinski definition) is 3. The van der Waals surface area contributed by atoms with Gasteiger partial charge in [-0.3, -0.25) is 4.79 Å². The van der Waals surface area contributed by atoms with E-state index in [-0.39, 0.29) is 18.6 Å². The van der Waals surface area contributed by atoms with E-state index in [0.717, 1.165) is 25.8 Å². The van der Waals surface area contributed by atoms with Gasteiger partial charge in [0.1, 0.15) is 6.23 Å². The lowest BCUT2D eigenvalue weighted by Crippen LogP contribution is -2.45. The van der Waals surface area contributed by atoms with Crippen molar-refractivity contribution in [1.82, 2.24) is 4.90 Å². The molecule has 2 atom stereocenters. The van der Waals surface area contributed by atoms with Crippen LogP contribution in [0.5, 0.6) is 0 Å². The summed E-state index contributed by atoms with van der Waals surface area (Å²) in [6, 6.07) is 0. The van der Waals surface area contributed by atoms with E-state index in [4.69, 9.17) is 4.74 Å². The maximum Gasteiger partial charge on any atom is 0.227 e. The summed E-state index contributed by atoms with van der Waals surface area (Å²) >= 11 is 0. The van der Waals surface area contributed by atoms with Crippen molar-refractivity contribution >= 4 is 5.91 Å². The van der Waals surface area contributed by atoms with E-state index >= 15 is 0 Å². The van der Waals surface area contributed by atoms with Gasteiger partial charge in [0.25, 0.3) is 0 Å². The van der Waals surface area contributed by atoms with Gasteiger partial charge in [-0.15, -0.1) is 0 Å². The third-order valence-electron chi connectivity index (χ3n) is 2.60. The number of amides is 1. The SMILES string of the molecule is CCOC1CCCCN1C(=O)C[C@H](C)O. The fourth-order valence-electron chi connectivity index (χ4n) is 1.92. The molecular formula is C11H21NO3. The number of carbonyl (C=O) groups is 1. The lowest BCUT2D eigenvalue weighted by atomic mass is 10.1. The molecule has 88 valence electrons. The lowest BCUT2D eigenvalue weighted by molar-refractivity contribution is -0.151. The summed E-state index contributed by atoms with van der Waals surface area (Å²) < 4.78 is 5.52. The molecule has 1 aliphatic heterocycles. The molecule has 4 nitrogen and oxygen atoms in total. The summed E-state index contributed by atoms with van der Waals surface area (Å²) in [6.45, 7) is 4.96. The predicted octanol–water partition coefficient (Wildman–Crippen LogP) is 1.13. The third kappa shape index (κ3) is 3.80. The molecule has 1 saturated heterocycles. The van der Waals surface area contributed by atoms with Crippen molar-refractivity contribution in [3.63, 3.8) is 0 Å². The number of piperidine rings is 1. The Balaban J connectivity index is 2.51. The van der Waals surface area contributed by atoms with Gasteiger partial charge in [-0.05, 0) is 33.1 Å². The number of hydrogen-bond donors (Lipinski definition) is 1. The minimum atomic E-state index is -0.568. The summed E-state index contributed by atoms with van der Waals surface area (Å²) in [6.07, 6.45) is 2.62. The van der Waals surface area contributed by atoms with Crippen LogP contribution in [-0.2, 0) is 9.53 Å². The van der Waals surface area contributed by atoms with Gasteiger partial charge >= 0.3 is 0 Å². The van der Waals surface area contributed by atoms with Gasteiger partial charge in [0, 0.05) is 13.2 Å². The summed E-state index contributed by atoms with van der Waals surface area (Å²) in [5.41, 5.74) is 0. The molecule has 0 aromatic carbocycles. The van der Waals surface area contributed by atoms with Crippen molar-refractivity contribution in [3.05, 3.63) is 0 Å². The fraction of sp³-hybridized carbons (Fsp3) is 0.909. The Bertz CT molecular complexity index is 204. The van der Waals surface area contributed by atoms with Crippen molar-refractivity contribution in [3.8, 4) is 0 Å². The molecular weight excluding hydrogens is 194 g/mol. The lowest BCUT2D eigenvalue weighted by Gasteiger charge is -2.35. The molecule has 4 heteroatoms. The molecule has 1 unspecified atom stereocenters. The minimum absolute atomic E-state index is 0.00292. The zero-order chi connectivity index (χ0) is 11.3. The highest BCUT2D eigenvalue weighted by Gasteiger charge is 2.27. The first kappa shape index (κ1) is 12.5. The minimum Gasteiger partial charge on any atom is -0.393 e. The zero-order valence-corrected chi connectivity index (χ0v) is 9.61. The van der Waals surface area contributed by atoms with Crippen molar-refractivity contribution in [2.45, 2.75) is 51.9 Å². The molecule has 1 aliphatic rings. The average Bonchev–Trinajstić information content (AvgIpc) is 2.18. The normalized spacial score (nSPS) is 23.9. The van der Waals surface area contributed by atoms with E-state index < -0.39 is 6.10 Å². The Hall–Kier alpha value is -0.610. The second-order valence-electron chi connectivity index (χ2n) is 4.05. The van der Waals surface area contributed by atoms with E-state index in [2.05, 4.69) is 0 Å².